The van der Waals surface area contributed by atoms with Gasteiger partial charge in [0.25, 0.3) is 5.91 Å². The number of anilines is 1. The van der Waals surface area contributed by atoms with Gasteiger partial charge in [-0.25, -0.2) is 13.1 Å². The largest absolute Gasteiger partial charge is 0.492 e. The van der Waals surface area contributed by atoms with Crippen molar-refractivity contribution in [3.05, 3.63) is 48.0 Å². The van der Waals surface area contributed by atoms with Crippen LogP contribution >= 0.6 is 0 Å². The number of hydrogen-bond donors (Lipinski definition) is 2. The standard InChI is InChI=1S/C21H28N2O5S/c1-5-27-20-9-7-6-8-18(20)23-21(24)14-28-19-11-10-17(12-16(19)4)29(25,26)22-13-15(2)3/h6-12,15,22H,5,13-14H2,1-4H3,(H,23,24). The van der Waals surface area contributed by atoms with E-state index < -0.39 is 10.0 Å². The van der Waals surface area contributed by atoms with Crippen LogP contribution in [0.25, 0.3) is 0 Å². The quantitative estimate of drug-likeness (QED) is 0.615. The predicted molar refractivity (Wildman–Crippen MR) is 113 cm³/mol. The smallest absolute Gasteiger partial charge is 0.262 e. The van der Waals surface area contributed by atoms with Gasteiger partial charge in [-0.1, -0.05) is 26.0 Å². The van der Waals surface area contributed by atoms with Crippen molar-refractivity contribution in [1.82, 2.24) is 4.72 Å². The van der Waals surface area contributed by atoms with Gasteiger partial charge in [-0.05, 0) is 55.7 Å². The van der Waals surface area contributed by atoms with Gasteiger partial charge in [0.15, 0.2) is 6.61 Å². The summed E-state index contributed by atoms with van der Waals surface area (Å²) in [7, 11) is -3.58. The van der Waals surface area contributed by atoms with Gasteiger partial charge in [0, 0.05) is 6.54 Å². The fraction of sp³-hybridized carbons (Fsp3) is 0.381. The Bertz CT molecular complexity index is 942. The molecule has 0 saturated carbocycles. The van der Waals surface area contributed by atoms with E-state index >= 15 is 0 Å². The molecule has 0 radical (unpaired) electrons. The summed E-state index contributed by atoms with van der Waals surface area (Å²) in [6, 6.07) is 11.7. The highest BCUT2D eigenvalue weighted by Crippen LogP contribution is 2.24. The first-order valence-corrected chi connectivity index (χ1v) is 11.0. The second kappa shape index (κ2) is 10.3. The molecule has 0 heterocycles. The number of carbonyl (C=O) groups is 1. The molecule has 2 N–H and O–H groups in total. The molecule has 1 amide bonds. The molecule has 0 fully saturated rings. The maximum atomic E-state index is 12.3. The third kappa shape index (κ3) is 6.76. The summed E-state index contributed by atoms with van der Waals surface area (Å²) < 4.78 is 38.3. The van der Waals surface area contributed by atoms with Crippen molar-refractivity contribution in [2.24, 2.45) is 5.92 Å². The average Bonchev–Trinajstić information content (AvgIpc) is 2.67. The second-order valence-electron chi connectivity index (χ2n) is 6.94. The lowest BCUT2D eigenvalue weighted by Crippen LogP contribution is -2.27. The van der Waals surface area contributed by atoms with Crippen LogP contribution in [0.4, 0.5) is 5.69 Å². The van der Waals surface area contributed by atoms with Crippen LogP contribution in [-0.2, 0) is 14.8 Å². The molecular formula is C21H28N2O5S. The number of benzene rings is 2. The molecule has 0 aliphatic carbocycles. The molecule has 0 unspecified atom stereocenters. The second-order valence-corrected chi connectivity index (χ2v) is 8.71. The molecule has 2 aromatic carbocycles. The Kier molecular flexibility index (Phi) is 8.04. The van der Waals surface area contributed by atoms with Crippen molar-refractivity contribution in [1.29, 1.82) is 0 Å². The Hall–Kier alpha value is -2.58. The molecule has 2 rings (SSSR count). The first-order valence-electron chi connectivity index (χ1n) is 9.47. The van der Waals surface area contributed by atoms with Crippen molar-refractivity contribution >= 4 is 21.6 Å². The van der Waals surface area contributed by atoms with Crippen LogP contribution in [-0.4, -0.2) is 34.1 Å². The predicted octanol–water partition coefficient (Wildman–Crippen LogP) is 3.35. The van der Waals surface area contributed by atoms with Crippen LogP contribution in [0, 0.1) is 12.8 Å². The number of para-hydroxylation sites is 2. The van der Waals surface area contributed by atoms with E-state index in [1.54, 1.807) is 31.2 Å². The van der Waals surface area contributed by atoms with Gasteiger partial charge in [0.2, 0.25) is 10.0 Å². The van der Waals surface area contributed by atoms with Gasteiger partial charge < -0.3 is 14.8 Å². The number of hydrogen-bond acceptors (Lipinski definition) is 5. The highest BCUT2D eigenvalue weighted by atomic mass is 32.2. The minimum absolute atomic E-state index is 0.165. The molecule has 29 heavy (non-hydrogen) atoms. The Morgan fingerprint density at radius 1 is 1.07 bits per heavy atom. The van der Waals surface area contributed by atoms with Crippen LogP contribution in [0.3, 0.4) is 0 Å². The van der Waals surface area contributed by atoms with Crippen molar-refractivity contribution in [3.63, 3.8) is 0 Å². The number of sulfonamides is 1. The summed E-state index contributed by atoms with van der Waals surface area (Å²) in [5.41, 5.74) is 1.19. The maximum Gasteiger partial charge on any atom is 0.262 e. The number of amides is 1. The Balaban J connectivity index is 2.00. The van der Waals surface area contributed by atoms with E-state index in [1.807, 2.05) is 26.8 Å². The van der Waals surface area contributed by atoms with Gasteiger partial charge in [-0.2, -0.15) is 0 Å². The Morgan fingerprint density at radius 2 is 1.79 bits per heavy atom. The molecule has 0 aromatic heterocycles. The van der Waals surface area contributed by atoms with Crippen molar-refractivity contribution in [2.75, 3.05) is 25.1 Å². The van der Waals surface area contributed by atoms with E-state index in [1.165, 1.54) is 12.1 Å². The first-order chi connectivity index (χ1) is 13.7. The molecule has 0 bridgehead atoms. The number of carbonyl (C=O) groups excluding carboxylic acids is 1. The highest BCUT2D eigenvalue weighted by Gasteiger charge is 2.16. The fourth-order valence-corrected chi connectivity index (χ4v) is 3.79. The number of aryl methyl sites for hydroxylation is 1. The number of nitrogens with one attached hydrogen (secondary N) is 2. The summed E-state index contributed by atoms with van der Waals surface area (Å²) in [5, 5.41) is 2.75. The molecule has 0 atom stereocenters. The summed E-state index contributed by atoms with van der Waals surface area (Å²) in [6.45, 7) is 8.11. The molecule has 0 aliphatic rings. The van der Waals surface area contributed by atoms with E-state index in [0.29, 0.717) is 35.9 Å². The SMILES string of the molecule is CCOc1ccccc1NC(=O)COc1ccc(S(=O)(=O)NCC(C)C)cc1C. The minimum atomic E-state index is -3.58. The third-order valence-corrected chi connectivity index (χ3v) is 5.38. The summed E-state index contributed by atoms with van der Waals surface area (Å²) in [4.78, 5) is 12.4. The van der Waals surface area contributed by atoms with Crippen molar-refractivity contribution < 1.29 is 22.7 Å². The van der Waals surface area contributed by atoms with Crippen LogP contribution < -0.4 is 19.5 Å². The minimum Gasteiger partial charge on any atom is -0.492 e. The molecule has 8 heteroatoms. The van der Waals surface area contributed by atoms with E-state index in [2.05, 4.69) is 10.0 Å². The van der Waals surface area contributed by atoms with Gasteiger partial charge in [0.1, 0.15) is 11.5 Å². The highest BCUT2D eigenvalue weighted by molar-refractivity contribution is 7.89. The molecule has 0 spiro atoms. The zero-order chi connectivity index (χ0) is 21.4. The maximum absolute atomic E-state index is 12.3. The van der Waals surface area contributed by atoms with Gasteiger partial charge >= 0.3 is 0 Å². The fourth-order valence-electron chi connectivity index (χ4n) is 2.49. The molecule has 0 aliphatic heterocycles. The third-order valence-electron chi connectivity index (χ3n) is 3.96. The Labute approximate surface area is 172 Å². The molecule has 7 nitrogen and oxygen atoms in total. The van der Waals surface area contributed by atoms with E-state index in [9.17, 15) is 13.2 Å². The first kappa shape index (κ1) is 22.7. The normalized spacial score (nSPS) is 11.3. The molecule has 0 saturated heterocycles. The van der Waals surface area contributed by atoms with Gasteiger partial charge in [-0.15, -0.1) is 0 Å². The summed E-state index contributed by atoms with van der Waals surface area (Å²) in [6.07, 6.45) is 0. The monoisotopic (exact) mass is 420 g/mol. The van der Waals surface area contributed by atoms with E-state index in [0.717, 1.165) is 0 Å². The molecular weight excluding hydrogens is 392 g/mol. The van der Waals surface area contributed by atoms with E-state index in [-0.39, 0.29) is 23.3 Å². The van der Waals surface area contributed by atoms with Crippen LogP contribution in [0.1, 0.15) is 26.3 Å². The van der Waals surface area contributed by atoms with Crippen molar-refractivity contribution in [2.45, 2.75) is 32.6 Å². The molecule has 2 aromatic rings. The lowest BCUT2D eigenvalue weighted by atomic mass is 10.2. The zero-order valence-electron chi connectivity index (χ0n) is 17.2. The lowest BCUT2D eigenvalue weighted by molar-refractivity contribution is -0.118. The summed E-state index contributed by atoms with van der Waals surface area (Å²) >= 11 is 0. The van der Waals surface area contributed by atoms with Crippen LogP contribution in [0.5, 0.6) is 11.5 Å². The van der Waals surface area contributed by atoms with E-state index in [4.69, 9.17) is 9.47 Å². The average molecular weight is 421 g/mol. The molecule has 158 valence electrons. The number of ether oxygens (including phenoxy) is 2. The van der Waals surface area contributed by atoms with Crippen molar-refractivity contribution in [3.8, 4) is 11.5 Å². The Morgan fingerprint density at radius 3 is 2.45 bits per heavy atom. The number of rotatable bonds is 10. The zero-order valence-corrected chi connectivity index (χ0v) is 18.0. The van der Waals surface area contributed by atoms with Crippen LogP contribution in [0.15, 0.2) is 47.4 Å². The van der Waals surface area contributed by atoms with Gasteiger partial charge in [-0.3, -0.25) is 4.79 Å². The summed E-state index contributed by atoms with van der Waals surface area (Å²) in [5.74, 6) is 0.899. The topological polar surface area (TPSA) is 93.7 Å². The van der Waals surface area contributed by atoms with Crippen LogP contribution in [0.2, 0.25) is 0 Å². The lowest BCUT2D eigenvalue weighted by Gasteiger charge is -2.14. The van der Waals surface area contributed by atoms with Gasteiger partial charge in [0.05, 0.1) is 17.2 Å².